The van der Waals surface area contributed by atoms with E-state index in [1.165, 1.54) is 0 Å². The fraction of sp³-hybridized carbons (Fsp3) is 0.300. The summed E-state index contributed by atoms with van der Waals surface area (Å²) >= 11 is 0. The SMILES string of the molecule is NC(=O)C[C@@H](N)c1ccc(F)c(C(F)(F)F)c1. The van der Waals surface area contributed by atoms with E-state index in [1.54, 1.807) is 0 Å². The summed E-state index contributed by atoms with van der Waals surface area (Å²) in [5.41, 5.74) is 8.94. The van der Waals surface area contributed by atoms with Gasteiger partial charge in [-0.3, -0.25) is 4.79 Å². The fourth-order valence-electron chi connectivity index (χ4n) is 1.33. The number of primary amides is 1. The van der Waals surface area contributed by atoms with Gasteiger partial charge in [0.2, 0.25) is 5.91 Å². The van der Waals surface area contributed by atoms with Crippen molar-refractivity contribution in [3.05, 3.63) is 35.1 Å². The number of benzene rings is 1. The molecule has 1 aromatic carbocycles. The van der Waals surface area contributed by atoms with E-state index in [0.29, 0.717) is 12.1 Å². The highest BCUT2D eigenvalue weighted by atomic mass is 19.4. The first-order valence-corrected chi connectivity index (χ1v) is 4.62. The van der Waals surface area contributed by atoms with E-state index in [9.17, 15) is 22.4 Å². The maximum absolute atomic E-state index is 12.9. The van der Waals surface area contributed by atoms with Gasteiger partial charge in [0.15, 0.2) is 0 Å². The number of halogens is 4. The van der Waals surface area contributed by atoms with Crippen molar-refractivity contribution >= 4 is 5.91 Å². The first kappa shape index (κ1) is 13.4. The predicted molar refractivity (Wildman–Crippen MR) is 52.1 cm³/mol. The van der Waals surface area contributed by atoms with E-state index in [0.717, 1.165) is 6.07 Å². The molecule has 17 heavy (non-hydrogen) atoms. The Morgan fingerprint density at radius 1 is 1.35 bits per heavy atom. The highest BCUT2D eigenvalue weighted by molar-refractivity contribution is 5.74. The average Bonchev–Trinajstić information content (AvgIpc) is 2.15. The number of amides is 1. The Morgan fingerprint density at radius 3 is 2.41 bits per heavy atom. The molecule has 4 N–H and O–H groups in total. The third-order valence-corrected chi connectivity index (χ3v) is 2.15. The number of hydrogen-bond donors (Lipinski definition) is 2. The van der Waals surface area contributed by atoms with Crippen LogP contribution in [0.1, 0.15) is 23.6 Å². The molecular formula is C10H10F4N2O. The number of alkyl halides is 3. The van der Waals surface area contributed by atoms with Crippen LogP contribution in [-0.4, -0.2) is 5.91 Å². The van der Waals surface area contributed by atoms with Crippen LogP contribution in [0.25, 0.3) is 0 Å². The lowest BCUT2D eigenvalue weighted by Crippen LogP contribution is -2.21. The lowest BCUT2D eigenvalue weighted by Gasteiger charge is -2.13. The first-order chi connectivity index (χ1) is 7.71. The molecule has 0 aromatic heterocycles. The van der Waals surface area contributed by atoms with E-state index >= 15 is 0 Å². The molecule has 1 amide bonds. The van der Waals surface area contributed by atoms with Gasteiger partial charge in [-0.25, -0.2) is 4.39 Å². The molecule has 0 saturated heterocycles. The molecule has 0 heterocycles. The lowest BCUT2D eigenvalue weighted by molar-refractivity contribution is -0.140. The van der Waals surface area contributed by atoms with Crippen molar-refractivity contribution in [3.8, 4) is 0 Å². The zero-order valence-corrected chi connectivity index (χ0v) is 8.59. The normalized spacial score (nSPS) is 13.5. The topological polar surface area (TPSA) is 69.1 Å². The minimum Gasteiger partial charge on any atom is -0.370 e. The molecule has 0 fully saturated rings. The van der Waals surface area contributed by atoms with Crippen molar-refractivity contribution in [1.82, 2.24) is 0 Å². The largest absolute Gasteiger partial charge is 0.419 e. The maximum Gasteiger partial charge on any atom is 0.419 e. The van der Waals surface area contributed by atoms with Gasteiger partial charge in [0.1, 0.15) is 5.82 Å². The van der Waals surface area contributed by atoms with Crippen LogP contribution in [0.2, 0.25) is 0 Å². The number of carbonyl (C=O) groups is 1. The Labute approximate surface area is 94.4 Å². The van der Waals surface area contributed by atoms with Gasteiger partial charge < -0.3 is 11.5 Å². The number of nitrogens with two attached hydrogens (primary N) is 2. The molecule has 0 unspecified atom stereocenters. The predicted octanol–water partition coefficient (Wildman–Crippen LogP) is 1.72. The quantitative estimate of drug-likeness (QED) is 0.802. The molecule has 94 valence electrons. The minimum absolute atomic E-state index is 0.0116. The van der Waals surface area contributed by atoms with Gasteiger partial charge in [-0.2, -0.15) is 13.2 Å². The summed E-state index contributed by atoms with van der Waals surface area (Å²) in [6, 6.07) is 1.37. The van der Waals surface area contributed by atoms with E-state index in [4.69, 9.17) is 11.5 Å². The molecule has 0 aliphatic heterocycles. The van der Waals surface area contributed by atoms with Crippen molar-refractivity contribution in [2.24, 2.45) is 11.5 Å². The van der Waals surface area contributed by atoms with Crippen LogP contribution in [0.15, 0.2) is 18.2 Å². The van der Waals surface area contributed by atoms with Crippen LogP contribution in [-0.2, 0) is 11.0 Å². The number of rotatable bonds is 3. The van der Waals surface area contributed by atoms with Crippen LogP contribution in [0.5, 0.6) is 0 Å². The van der Waals surface area contributed by atoms with Gasteiger partial charge in [0.05, 0.1) is 5.56 Å². The molecule has 1 atom stereocenters. The Balaban J connectivity index is 3.08. The second kappa shape index (κ2) is 4.70. The van der Waals surface area contributed by atoms with Crippen molar-refractivity contribution < 1.29 is 22.4 Å². The minimum atomic E-state index is -4.80. The summed E-state index contributed by atoms with van der Waals surface area (Å²) in [4.78, 5) is 10.6. The molecule has 3 nitrogen and oxygen atoms in total. The zero-order valence-electron chi connectivity index (χ0n) is 8.59. The summed E-state index contributed by atoms with van der Waals surface area (Å²) in [5.74, 6) is -2.12. The molecule has 7 heteroatoms. The second-order valence-electron chi connectivity index (χ2n) is 3.51. The molecule has 0 aliphatic rings. The van der Waals surface area contributed by atoms with Crippen molar-refractivity contribution in [3.63, 3.8) is 0 Å². The van der Waals surface area contributed by atoms with Gasteiger partial charge in [-0.15, -0.1) is 0 Å². The van der Waals surface area contributed by atoms with E-state index in [-0.39, 0.29) is 12.0 Å². The second-order valence-corrected chi connectivity index (χ2v) is 3.51. The zero-order chi connectivity index (χ0) is 13.2. The Kier molecular flexibility index (Phi) is 3.72. The summed E-state index contributed by atoms with van der Waals surface area (Å²) in [7, 11) is 0. The van der Waals surface area contributed by atoms with Crippen molar-refractivity contribution in [2.75, 3.05) is 0 Å². The summed E-state index contributed by atoms with van der Waals surface area (Å²) in [6.45, 7) is 0. The van der Waals surface area contributed by atoms with Gasteiger partial charge in [0, 0.05) is 12.5 Å². The van der Waals surface area contributed by atoms with Gasteiger partial charge >= 0.3 is 6.18 Å². The molecule has 1 rings (SSSR count). The highest BCUT2D eigenvalue weighted by Crippen LogP contribution is 2.33. The number of carbonyl (C=O) groups excluding carboxylic acids is 1. The van der Waals surface area contributed by atoms with Crippen LogP contribution in [0.3, 0.4) is 0 Å². The van der Waals surface area contributed by atoms with Crippen LogP contribution in [0.4, 0.5) is 17.6 Å². The Morgan fingerprint density at radius 2 is 1.94 bits per heavy atom. The Hall–Kier alpha value is -1.63. The monoisotopic (exact) mass is 250 g/mol. The maximum atomic E-state index is 12.9. The number of hydrogen-bond acceptors (Lipinski definition) is 2. The van der Waals surface area contributed by atoms with E-state index < -0.39 is 29.5 Å². The third kappa shape index (κ3) is 3.42. The standard InChI is InChI=1S/C10H10F4N2O/c11-7-2-1-5(8(15)4-9(16)17)3-6(7)10(12,13)14/h1-3,8H,4,15H2,(H2,16,17)/t8-/m1/s1. The van der Waals surface area contributed by atoms with Crippen LogP contribution in [0, 0.1) is 5.82 Å². The fourth-order valence-corrected chi connectivity index (χ4v) is 1.33. The molecule has 0 aliphatic carbocycles. The van der Waals surface area contributed by atoms with Gasteiger partial charge in [-0.1, -0.05) is 6.07 Å². The van der Waals surface area contributed by atoms with E-state index in [1.807, 2.05) is 0 Å². The average molecular weight is 250 g/mol. The third-order valence-electron chi connectivity index (χ3n) is 2.15. The van der Waals surface area contributed by atoms with Crippen LogP contribution < -0.4 is 11.5 Å². The summed E-state index contributed by atoms with van der Waals surface area (Å²) < 4.78 is 50.1. The van der Waals surface area contributed by atoms with E-state index in [2.05, 4.69) is 0 Å². The molecular weight excluding hydrogens is 240 g/mol. The summed E-state index contributed by atoms with van der Waals surface area (Å²) in [6.07, 6.45) is -5.10. The first-order valence-electron chi connectivity index (χ1n) is 4.62. The van der Waals surface area contributed by atoms with Crippen LogP contribution >= 0.6 is 0 Å². The Bertz CT molecular complexity index is 431. The lowest BCUT2D eigenvalue weighted by atomic mass is 10.0. The van der Waals surface area contributed by atoms with Gasteiger partial charge in [0.25, 0.3) is 0 Å². The molecule has 0 spiro atoms. The smallest absolute Gasteiger partial charge is 0.370 e. The summed E-state index contributed by atoms with van der Waals surface area (Å²) in [5, 5.41) is 0. The van der Waals surface area contributed by atoms with Crippen molar-refractivity contribution in [2.45, 2.75) is 18.6 Å². The van der Waals surface area contributed by atoms with Crippen molar-refractivity contribution in [1.29, 1.82) is 0 Å². The molecule has 1 aromatic rings. The molecule has 0 bridgehead atoms. The highest BCUT2D eigenvalue weighted by Gasteiger charge is 2.34. The van der Waals surface area contributed by atoms with Gasteiger partial charge in [-0.05, 0) is 17.7 Å². The molecule has 0 radical (unpaired) electrons. The molecule has 0 saturated carbocycles.